The summed E-state index contributed by atoms with van der Waals surface area (Å²) in [5.74, 6) is 0.387. The van der Waals surface area contributed by atoms with E-state index in [2.05, 4.69) is 10.1 Å². The molecule has 1 aromatic carbocycles. The first-order chi connectivity index (χ1) is 13.0. The Hall–Kier alpha value is -2.67. The Morgan fingerprint density at radius 1 is 1.22 bits per heavy atom. The Balaban J connectivity index is 1.60. The molecule has 1 fully saturated rings. The van der Waals surface area contributed by atoms with Crippen LogP contribution in [0.2, 0.25) is 0 Å². The third-order valence-electron chi connectivity index (χ3n) is 5.17. The summed E-state index contributed by atoms with van der Waals surface area (Å²) in [4.78, 5) is 28.4. The van der Waals surface area contributed by atoms with Crippen LogP contribution in [0, 0.1) is 13.8 Å². The number of benzene rings is 1. The lowest BCUT2D eigenvalue weighted by molar-refractivity contribution is -0.137. The first-order valence-electron chi connectivity index (χ1n) is 9.22. The fourth-order valence-electron chi connectivity index (χ4n) is 3.57. The number of carbonyl (C=O) groups excluding carboxylic acids is 2. The van der Waals surface area contributed by atoms with Gasteiger partial charge in [-0.25, -0.2) is 0 Å². The number of rotatable bonds is 6. The fourth-order valence-corrected chi connectivity index (χ4v) is 3.57. The van der Waals surface area contributed by atoms with Crippen LogP contribution in [0.3, 0.4) is 0 Å². The van der Waals surface area contributed by atoms with Gasteiger partial charge in [0.2, 0.25) is 11.8 Å². The van der Waals surface area contributed by atoms with Crippen LogP contribution in [0.4, 0.5) is 0 Å². The number of aryl methyl sites for hydroxylation is 2. The minimum Gasteiger partial charge on any atom is -0.368 e. The zero-order valence-corrected chi connectivity index (χ0v) is 15.9. The number of amides is 2. The van der Waals surface area contributed by atoms with Crippen molar-refractivity contribution in [3.8, 4) is 0 Å². The van der Waals surface area contributed by atoms with Gasteiger partial charge in [-0.3, -0.25) is 14.5 Å². The molecule has 0 unspecified atom stereocenters. The highest BCUT2D eigenvalue weighted by atomic mass is 16.5. The normalized spacial score (nSPS) is 17.9. The third-order valence-corrected chi connectivity index (χ3v) is 5.17. The highest BCUT2D eigenvalue weighted by molar-refractivity contribution is 5.82. The van der Waals surface area contributed by atoms with Gasteiger partial charge in [0, 0.05) is 38.2 Å². The Morgan fingerprint density at radius 3 is 2.59 bits per heavy atom. The highest BCUT2D eigenvalue weighted by Gasteiger charge is 2.32. The average Bonchev–Trinajstić information content (AvgIpc) is 2.98. The van der Waals surface area contributed by atoms with E-state index in [9.17, 15) is 9.59 Å². The summed E-state index contributed by atoms with van der Waals surface area (Å²) in [5, 5.41) is 3.92. The van der Waals surface area contributed by atoms with Crippen molar-refractivity contribution in [2.75, 3.05) is 19.6 Å². The van der Waals surface area contributed by atoms with Gasteiger partial charge < -0.3 is 15.2 Å². The minimum atomic E-state index is -0.470. The maximum Gasteiger partial charge on any atom is 0.236 e. The molecule has 0 radical (unpaired) electrons. The number of nitrogens with zero attached hydrogens (tertiary/aromatic N) is 3. The molecular weight excluding hydrogens is 344 g/mol. The number of aromatic nitrogens is 1. The molecule has 1 aromatic heterocycles. The van der Waals surface area contributed by atoms with Crippen molar-refractivity contribution in [2.24, 2.45) is 5.73 Å². The van der Waals surface area contributed by atoms with Gasteiger partial charge in [0.25, 0.3) is 0 Å². The second-order valence-corrected chi connectivity index (χ2v) is 7.02. The zero-order chi connectivity index (χ0) is 19.4. The molecule has 0 bridgehead atoms. The molecular formula is C20H26N4O3. The molecule has 2 amide bonds. The quantitative estimate of drug-likeness (QED) is 0.830. The smallest absolute Gasteiger partial charge is 0.236 e. The molecule has 1 atom stereocenters. The van der Waals surface area contributed by atoms with Crippen LogP contribution >= 0.6 is 0 Å². The lowest BCUT2D eigenvalue weighted by Gasteiger charge is -2.40. The summed E-state index contributed by atoms with van der Waals surface area (Å²) in [5.41, 5.74) is 8.56. The van der Waals surface area contributed by atoms with Gasteiger partial charge in [0.15, 0.2) is 0 Å². The van der Waals surface area contributed by atoms with Crippen molar-refractivity contribution in [1.29, 1.82) is 0 Å². The summed E-state index contributed by atoms with van der Waals surface area (Å²) in [7, 11) is 0. The molecule has 3 rings (SSSR count). The monoisotopic (exact) mass is 370 g/mol. The van der Waals surface area contributed by atoms with Crippen molar-refractivity contribution >= 4 is 11.8 Å². The second-order valence-electron chi connectivity index (χ2n) is 7.02. The van der Waals surface area contributed by atoms with Gasteiger partial charge in [0.1, 0.15) is 11.8 Å². The van der Waals surface area contributed by atoms with Crippen LogP contribution in [0.15, 0.2) is 34.9 Å². The lowest BCUT2D eigenvalue weighted by atomic mass is 10.1. The molecule has 0 saturated carbocycles. The molecule has 1 saturated heterocycles. The van der Waals surface area contributed by atoms with Crippen molar-refractivity contribution in [3.05, 3.63) is 52.9 Å². The largest absolute Gasteiger partial charge is 0.368 e. The van der Waals surface area contributed by atoms with Crippen LogP contribution in [0.5, 0.6) is 0 Å². The van der Waals surface area contributed by atoms with Gasteiger partial charge in [-0.15, -0.1) is 0 Å². The van der Waals surface area contributed by atoms with Crippen LogP contribution in [-0.2, 0) is 22.6 Å². The second kappa shape index (κ2) is 8.35. The molecule has 27 heavy (non-hydrogen) atoms. The van der Waals surface area contributed by atoms with E-state index in [1.54, 1.807) is 4.90 Å². The molecule has 2 N–H and O–H groups in total. The molecule has 0 spiro atoms. The van der Waals surface area contributed by atoms with Gasteiger partial charge in [-0.05, 0) is 25.8 Å². The van der Waals surface area contributed by atoms with Gasteiger partial charge >= 0.3 is 0 Å². The number of hydrogen-bond acceptors (Lipinski definition) is 5. The molecule has 0 aliphatic carbocycles. The van der Waals surface area contributed by atoms with E-state index in [0.717, 1.165) is 22.6 Å². The number of primary amides is 1. The molecule has 144 valence electrons. The predicted molar refractivity (Wildman–Crippen MR) is 101 cm³/mol. The minimum absolute atomic E-state index is 0.0283. The Kier molecular flexibility index (Phi) is 5.91. The number of carbonyl (C=O) groups is 2. The summed E-state index contributed by atoms with van der Waals surface area (Å²) in [6.07, 6.45) is 0.957. The topological polar surface area (TPSA) is 92.7 Å². The van der Waals surface area contributed by atoms with Crippen molar-refractivity contribution < 1.29 is 14.1 Å². The molecule has 1 aliphatic rings. The van der Waals surface area contributed by atoms with Crippen LogP contribution in [0.25, 0.3) is 0 Å². The molecule has 7 heteroatoms. The van der Waals surface area contributed by atoms with E-state index in [1.807, 2.05) is 44.2 Å². The van der Waals surface area contributed by atoms with E-state index >= 15 is 0 Å². The van der Waals surface area contributed by atoms with Crippen molar-refractivity contribution in [1.82, 2.24) is 15.0 Å². The van der Waals surface area contributed by atoms with Crippen LogP contribution in [0.1, 0.15) is 29.0 Å². The SMILES string of the molecule is Cc1noc(C)c1CCC(=O)N1CCN(Cc2ccccc2)[C@@H](C(N)=O)C1. The first-order valence-corrected chi connectivity index (χ1v) is 9.22. The average molecular weight is 370 g/mol. The molecule has 2 aromatic rings. The Labute approximate surface area is 159 Å². The predicted octanol–water partition coefficient (Wildman–Crippen LogP) is 1.42. The molecule has 1 aliphatic heterocycles. The standard InChI is InChI=1S/C20H26N4O3/c1-14-17(15(2)27-22-14)8-9-19(25)24-11-10-23(18(13-24)20(21)26)12-16-6-4-3-5-7-16/h3-7,18H,8-13H2,1-2H3,(H2,21,26)/t18-/m1/s1. The van der Waals surface area contributed by atoms with E-state index in [4.69, 9.17) is 10.3 Å². The Morgan fingerprint density at radius 2 is 1.96 bits per heavy atom. The summed E-state index contributed by atoms with van der Waals surface area (Å²) < 4.78 is 5.15. The molecule has 2 heterocycles. The fraction of sp³-hybridized carbons (Fsp3) is 0.450. The Bertz CT molecular complexity index is 783. The van der Waals surface area contributed by atoms with Crippen LogP contribution in [-0.4, -0.2) is 52.4 Å². The zero-order valence-electron chi connectivity index (χ0n) is 15.9. The summed E-state index contributed by atoms with van der Waals surface area (Å²) in [6, 6.07) is 9.50. The van der Waals surface area contributed by atoms with E-state index in [1.165, 1.54) is 0 Å². The maximum atomic E-state index is 12.7. The van der Waals surface area contributed by atoms with Gasteiger partial charge in [-0.1, -0.05) is 35.5 Å². The van der Waals surface area contributed by atoms with Crippen LogP contribution < -0.4 is 5.73 Å². The number of hydrogen-bond donors (Lipinski definition) is 1. The van der Waals surface area contributed by atoms with Crippen molar-refractivity contribution in [3.63, 3.8) is 0 Å². The summed E-state index contributed by atoms with van der Waals surface area (Å²) >= 11 is 0. The maximum absolute atomic E-state index is 12.7. The van der Waals surface area contributed by atoms with E-state index < -0.39 is 11.9 Å². The molecule has 7 nitrogen and oxygen atoms in total. The number of nitrogens with two attached hydrogens (primary N) is 1. The van der Waals surface area contributed by atoms with Gasteiger partial charge in [0.05, 0.1) is 5.69 Å². The third kappa shape index (κ3) is 4.54. The lowest BCUT2D eigenvalue weighted by Crippen LogP contribution is -2.58. The highest BCUT2D eigenvalue weighted by Crippen LogP contribution is 2.18. The summed E-state index contributed by atoms with van der Waals surface area (Å²) in [6.45, 7) is 5.93. The van der Waals surface area contributed by atoms with Crippen molar-refractivity contribution in [2.45, 2.75) is 39.3 Å². The van der Waals surface area contributed by atoms with E-state index in [0.29, 0.717) is 39.0 Å². The number of piperazine rings is 1. The van der Waals surface area contributed by atoms with E-state index in [-0.39, 0.29) is 5.91 Å². The first kappa shape index (κ1) is 19.1. The van der Waals surface area contributed by atoms with Gasteiger partial charge in [-0.2, -0.15) is 0 Å².